The van der Waals surface area contributed by atoms with Gasteiger partial charge in [-0.15, -0.1) is 0 Å². The maximum absolute atomic E-state index is 12.2. The van der Waals surface area contributed by atoms with E-state index >= 15 is 0 Å². The van der Waals surface area contributed by atoms with Crippen LogP contribution < -0.4 is 5.32 Å². The molecule has 0 spiro atoms. The lowest BCUT2D eigenvalue weighted by molar-refractivity contribution is 0.0235. The molecule has 2 rings (SSSR count). The minimum atomic E-state index is -0.470. The second kappa shape index (κ2) is 6.52. The molecule has 1 aromatic rings. The van der Waals surface area contributed by atoms with Crippen molar-refractivity contribution in [2.45, 2.75) is 45.3 Å². The van der Waals surface area contributed by atoms with Gasteiger partial charge in [0, 0.05) is 19.3 Å². The molecule has 1 amide bonds. The molecule has 0 aliphatic carbocycles. The molecule has 0 aromatic carbocycles. The van der Waals surface area contributed by atoms with Crippen LogP contribution in [-0.4, -0.2) is 40.7 Å². The van der Waals surface area contributed by atoms with Crippen molar-refractivity contribution in [1.82, 2.24) is 9.88 Å². The first-order valence-corrected chi connectivity index (χ1v) is 7.58. The van der Waals surface area contributed by atoms with Gasteiger partial charge in [-0.05, 0) is 45.7 Å². The Kier molecular flexibility index (Phi) is 4.93. The van der Waals surface area contributed by atoms with Crippen molar-refractivity contribution in [1.29, 1.82) is 0 Å². The predicted molar refractivity (Wildman–Crippen MR) is 83.7 cm³/mol. The highest BCUT2D eigenvalue weighted by Gasteiger charge is 2.32. The Labute approximate surface area is 130 Å². The Morgan fingerprint density at radius 2 is 2.33 bits per heavy atom. The van der Waals surface area contributed by atoms with Gasteiger partial charge in [0.15, 0.2) is 0 Å². The largest absolute Gasteiger partial charge is 0.444 e. The Balaban J connectivity index is 1.93. The van der Waals surface area contributed by atoms with Crippen LogP contribution in [0.4, 0.5) is 10.6 Å². The summed E-state index contributed by atoms with van der Waals surface area (Å²) in [5.41, 5.74) is -0.470. The average Bonchev–Trinajstić information content (AvgIpc) is 2.84. The molecule has 0 unspecified atom stereocenters. The molecule has 0 radical (unpaired) electrons. The number of anilines is 1. The van der Waals surface area contributed by atoms with Crippen molar-refractivity contribution < 1.29 is 9.53 Å². The third kappa shape index (κ3) is 4.49. The van der Waals surface area contributed by atoms with E-state index in [9.17, 15) is 4.79 Å². The van der Waals surface area contributed by atoms with Crippen LogP contribution in [-0.2, 0) is 4.74 Å². The molecule has 116 valence electrons. The second-order valence-corrected chi connectivity index (χ2v) is 6.59. The minimum absolute atomic E-state index is 0.109. The van der Waals surface area contributed by atoms with Gasteiger partial charge >= 0.3 is 6.09 Å². The maximum Gasteiger partial charge on any atom is 0.410 e. The number of nitrogens with one attached hydrogen (secondary N) is 1. The summed E-state index contributed by atoms with van der Waals surface area (Å²) in [5.74, 6) is 0.648. The summed E-state index contributed by atoms with van der Waals surface area (Å²) in [5, 5.41) is 3.79. The predicted octanol–water partition coefficient (Wildman–Crippen LogP) is 3.55. The number of likely N-dealkylation sites (tertiary alicyclic amines) is 1. The second-order valence-electron chi connectivity index (χ2n) is 6.18. The van der Waals surface area contributed by atoms with Crippen LogP contribution in [0.3, 0.4) is 0 Å². The Morgan fingerprint density at radius 1 is 1.57 bits per heavy atom. The third-order valence-electron chi connectivity index (χ3n) is 3.27. The van der Waals surface area contributed by atoms with Crippen molar-refractivity contribution in [3.05, 3.63) is 23.4 Å². The number of carbonyl (C=O) groups is 1. The van der Waals surface area contributed by atoms with E-state index in [-0.39, 0.29) is 12.1 Å². The van der Waals surface area contributed by atoms with E-state index in [1.54, 1.807) is 23.2 Å². The van der Waals surface area contributed by atoms with Crippen molar-refractivity contribution in [2.75, 3.05) is 18.4 Å². The topological polar surface area (TPSA) is 54.5 Å². The minimum Gasteiger partial charge on any atom is -0.444 e. The van der Waals surface area contributed by atoms with Gasteiger partial charge in [-0.3, -0.25) is 0 Å². The fourth-order valence-electron chi connectivity index (χ4n) is 2.34. The van der Waals surface area contributed by atoms with Gasteiger partial charge in [0.1, 0.15) is 11.4 Å². The van der Waals surface area contributed by atoms with E-state index in [0.717, 1.165) is 19.4 Å². The number of amides is 1. The smallest absolute Gasteiger partial charge is 0.410 e. The summed E-state index contributed by atoms with van der Waals surface area (Å²) in [7, 11) is 0. The van der Waals surface area contributed by atoms with Crippen molar-refractivity contribution in [3.8, 4) is 0 Å². The molecule has 1 fully saturated rings. The highest BCUT2D eigenvalue weighted by molar-refractivity contribution is 6.32. The van der Waals surface area contributed by atoms with Gasteiger partial charge in [-0.2, -0.15) is 0 Å². The highest BCUT2D eigenvalue weighted by Crippen LogP contribution is 2.23. The molecule has 1 atom stereocenters. The maximum atomic E-state index is 12.2. The first kappa shape index (κ1) is 15.9. The van der Waals surface area contributed by atoms with E-state index in [4.69, 9.17) is 16.3 Å². The van der Waals surface area contributed by atoms with Crippen molar-refractivity contribution in [3.63, 3.8) is 0 Å². The molecular weight excluding hydrogens is 290 g/mol. The van der Waals surface area contributed by atoms with E-state index in [2.05, 4.69) is 10.3 Å². The average molecular weight is 312 g/mol. The van der Waals surface area contributed by atoms with Crippen LogP contribution in [0.15, 0.2) is 18.3 Å². The van der Waals surface area contributed by atoms with Crippen LogP contribution >= 0.6 is 11.6 Å². The first-order valence-electron chi connectivity index (χ1n) is 7.21. The molecule has 0 bridgehead atoms. The Bertz CT molecular complexity index is 502. The number of nitrogens with zero attached hydrogens (tertiary/aromatic N) is 2. The normalized spacial score (nSPS) is 18.7. The number of hydrogen-bond acceptors (Lipinski definition) is 4. The molecular formula is C15H22ClN3O2. The van der Waals surface area contributed by atoms with Crippen molar-refractivity contribution in [2.24, 2.45) is 0 Å². The Hall–Kier alpha value is -1.49. The lowest BCUT2D eigenvalue weighted by atomic mass is 10.2. The van der Waals surface area contributed by atoms with Gasteiger partial charge in [-0.1, -0.05) is 11.6 Å². The van der Waals surface area contributed by atoms with Gasteiger partial charge in [0.25, 0.3) is 0 Å². The molecule has 0 saturated carbocycles. The van der Waals surface area contributed by atoms with Crippen LogP contribution in [0.5, 0.6) is 0 Å². The van der Waals surface area contributed by atoms with E-state index in [0.29, 0.717) is 17.4 Å². The summed E-state index contributed by atoms with van der Waals surface area (Å²) in [6.45, 7) is 6.98. The summed E-state index contributed by atoms with van der Waals surface area (Å²) < 4.78 is 5.45. The van der Waals surface area contributed by atoms with Crippen LogP contribution in [0.25, 0.3) is 0 Å². The molecule has 21 heavy (non-hydrogen) atoms. The van der Waals surface area contributed by atoms with Gasteiger partial charge < -0.3 is 15.0 Å². The fourth-order valence-corrected chi connectivity index (χ4v) is 2.53. The number of pyridine rings is 1. The third-order valence-corrected chi connectivity index (χ3v) is 3.57. The fraction of sp³-hybridized carbons (Fsp3) is 0.600. The summed E-state index contributed by atoms with van der Waals surface area (Å²) >= 11 is 6.07. The zero-order chi connectivity index (χ0) is 15.5. The SMILES string of the molecule is CC(C)(C)OC(=O)N1CCC[C@@H]1CNc1ncccc1Cl. The molecule has 5 nitrogen and oxygen atoms in total. The highest BCUT2D eigenvalue weighted by atomic mass is 35.5. The summed E-state index contributed by atoms with van der Waals surface area (Å²) in [4.78, 5) is 18.2. The Morgan fingerprint density at radius 3 is 3.00 bits per heavy atom. The van der Waals surface area contributed by atoms with Crippen molar-refractivity contribution >= 4 is 23.5 Å². The number of aromatic nitrogens is 1. The quantitative estimate of drug-likeness (QED) is 0.927. The van der Waals surface area contributed by atoms with Gasteiger partial charge in [0.05, 0.1) is 11.1 Å². The standard InChI is InChI=1S/C15H22ClN3O2/c1-15(2,3)21-14(20)19-9-5-6-11(19)10-18-13-12(16)7-4-8-17-13/h4,7-8,11H,5-6,9-10H2,1-3H3,(H,17,18)/t11-/m1/s1. The van der Waals surface area contributed by atoms with E-state index < -0.39 is 5.60 Å². The van der Waals surface area contributed by atoms with Crippen LogP contribution in [0, 0.1) is 0 Å². The molecule has 1 aromatic heterocycles. The molecule has 1 N–H and O–H groups in total. The molecule has 6 heteroatoms. The molecule has 1 aliphatic heterocycles. The number of carbonyl (C=O) groups excluding carboxylic acids is 1. The number of hydrogen-bond donors (Lipinski definition) is 1. The van der Waals surface area contributed by atoms with E-state index in [1.165, 1.54) is 0 Å². The monoisotopic (exact) mass is 311 g/mol. The molecule has 1 aliphatic rings. The zero-order valence-corrected chi connectivity index (χ0v) is 13.5. The lowest BCUT2D eigenvalue weighted by Crippen LogP contribution is -2.42. The number of rotatable bonds is 3. The zero-order valence-electron chi connectivity index (χ0n) is 12.7. The summed E-state index contributed by atoms with van der Waals surface area (Å²) in [6, 6.07) is 3.69. The van der Waals surface area contributed by atoms with Crippen LogP contribution in [0.2, 0.25) is 5.02 Å². The molecule has 2 heterocycles. The lowest BCUT2D eigenvalue weighted by Gasteiger charge is -2.28. The van der Waals surface area contributed by atoms with E-state index in [1.807, 2.05) is 20.8 Å². The van der Waals surface area contributed by atoms with Gasteiger partial charge in [0.2, 0.25) is 0 Å². The van der Waals surface area contributed by atoms with Gasteiger partial charge in [-0.25, -0.2) is 9.78 Å². The number of halogens is 1. The number of ether oxygens (including phenoxy) is 1. The summed E-state index contributed by atoms with van der Waals surface area (Å²) in [6.07, 6.45) is 3.38. The first-order chi connectivity index (χ1) is 9.87. The van der Waals surface area contributed by atoms with Crippen LogP contribution in [0.1, 0.15) is 33.6 Å². The molecule has 1 saturated heterocycles.